The molecule has 1 unspecified atom stereocenters. The van der Waals surface area contributed by atoms with Crippen molar-refractivity contribution in [2.24, 2.45) is 0 Å². The molecule has 0 radical (unpaired) electrons. The smallest absolute Gasteiger partial charge is 0.300 e. The van der Waals surface area contributed by atoms with Gasteiger partial charge in [0, 0.05) is 16.8 Å². The number of hydrogen-bond acceptors (Lipinski definition) is 5. The molecule has 1 aliphatic heterocycles. The second kappa shape index (κ2) is 9.62. The van der Waals surface area contributed by atoms with E-state index >= 15 is 0 Å². The van der Waals surface area contributed by atoms with Crippen LogP contribution in [0, 0.1) is 12.7 Å². The molecule has 3 aromatic carbocycles. The molecule has 180 valence electrons. The Morgan fingerprint density at radius 2 is 1.71 bits per heavy atom. The standard InChI is InChI=1S/C28H26FNO5/c1-16(2)35-23-14-9-18(15-17(23)3)26(31)24-25(21-7-5-6-8-22(21)29)30(28(33)27(24)32)19-10-12-20(34-4)13-11-19/h5-16,25,31H,1-4H3/b26-24+. The Labute approximate surface area is 203 Å². The van der Waals surface area contributed by atoms with Crippen LogP contribution < -0.4 is 14.4 Å². The van der Waals surface area contributed by atoms with Gasteiger partial charge in [-0.3, -0.25) is 14.5 Å². The van der Waals surface area contributed by atoms with Gasteiger partial charge >= 0.3 is 0 Å². The number of aryl methyl sites for hydroxylation is 1. The normalized spacial score (nSPS) is 17.2. The largest absolute Gasteiger partial charge is 0.507 e. The van der Waals surface area contributed by atoms with Gasteiger partial charge in [-0.25, -0.2) is 4.39 Å². The van der Waals surface area contributed by atoms with Crippen LogP contribution >= 0.6 is 0 Å². The summed E-state index contributed by atoms with van der Waals surface area (Å²) in [5.74, 6) is -1.53. The van der Waals surface area contributed by atoms with Crippen molar-refractivity contribution < 1.29 is 28.6 Å². The van der Waals surface area contributed by atoms with E-state index in [0.717, 1.165) is 5.56 Å². The maximum Gasteiger partial charge on any atom is 0.300 e. The van der Waals surface area contributed by atoms with Gasteiger partial charge in [0.05, 0.1) is 24.8 Å². The van der Waals surface area contributed by atoms with Crippen molar-refractivity contribution in [3.05, 3.63) is 94.8 Å². The first kappa shape index (κ1) is 24.0. The van der Waals surface area contributed by atoms with E-state index in [2.05, 4.69) is 0 Å². The highest BCUT2D eigenvalue weighted by atomic mass is 19.1. The second-order valence-corrected chi connectivity index (χ2v) is 8.54. The van der Waals surface area contributed by atoms with E-state index in [1.807, 2.05) is 20.8 Å². The third kappa shape index (κ3) is 4.49. The molecule has 4 rings (SSSR count). The van der Waals surface area contributed by atoms with E-state index < -0.39 is 23.5 Å². The molecule has 1 fully saturated rings. The molecule has 1 saturated heterocycles. The van der Waals surface area contributed by atoms with Crippen LogP contribution in [0.5, 0.6) is 11.5 Å². The van der Waals surface area contributed by atoms with E-state index in [9.17, 15) is 19.1 Å². The van der Waals surface area contributed by atoms with Crippen molar-refractivity contribution in [1.29, 1.82) is 0 Å². The van der Waals surface area contributed by atoms with Gasteiger partial charge in [0.2, 0.25) is 0 Å². The summed E-state index contributed by atoms with van der Waals surface area (Å²) < 4.78 is 25.9. The average molecular weight is 476 g/mol. The number of Topliss-reactive ketones (excluding diaryl/α,β-unsaturated/α-hetero) is 1. The van der Waals surface area contributed by atoms with Gasteiger partial charge in [-0.2, -0.15) is 0 Å². The molecule has 0 aliphatic carbocycles. The quantitative estimate of drug-likeness (QED) is 0.287. The van der Waals surface area contributed by atoms with Crippen molar-refractivity contribution >= 4 is 23.1 Å². The van der Waals surface area contributed by atoms with Crippen LogP contribution in [0.4, 0.5) is 10.1 Å². The average Bonchev–Trinajstić information content (AvgIpc) is 3.10. The fourth-order valence-electron chi connectivity index (χ4n) is 4.17. The number of ether oxygens (including phenoxy) is 2. The summed E-state index contributed by atoms with van der Waals surface area (Å²) in [4.78, 5) is 27.6. The van der Waals surface area contributed by atoms with Gasteiger partial charge < -0.3 is 14.6 Å². The summed E-state index contributed by atoms with van der Waals surface area (Å²) in [6, 6.07) is 16.2. The first-order chi connectivity index (χ1) is 16.7. The molecular weight excluding hydrogens is 449 g/mol. The van der Waals surface area contributed by atoms with E-state index in [1.54, 1.807) is 48.5 Å². The Bertz CT molecular complexity index is 1310. The summed E-state index contributed by atoms with van der Waals surface area (Å²) in [6.45, 7) is 5.63. The molecule has 0 spiro atoms. The predicted molar refractivity (Wildman–Crippen MR) is 131 cm³/mol. The second-order valence-electron chi connectivity index (χ2n) is 8.54. The van der Waals surface area contributed by atoms with Crippen LogP contribution in [0.3, 0.4) is 0 Å². The highest BCUT2D eigenvalue weighted by molar-refractivity contribution is 6.51. The number of aliphatic hydroxyl groups is 1. The molecule has 1 atom stereocenters. The minimum Gasteiger partial charge on any atom is -0.507 e. The fourth-order valence-corrected chi connectivity index (χ4v) is 4.17. The first-order valence-electron chi connectivity index (χ1n) is 11.2. The van der Waals surface area contributed by atoms with Gasteiger partial charge in [-0.1, -0.05) is 18.2 Å². The number of carbonyl (C=O) groups excluding carboxylic acids is 2. The maximum atomic E-state index is 15.0. The number of ketones is 1. The van der Waals surface area contributed by atoms with Crippen LogP contribution in [0.15, 0.2) is 72.3 Å². The van der Waals surface area contributed by atoms with Crippen LogP contribution in [0.1, 0.15) is 36.6 Å². The number of anilines is 1. The van der Waals surface area contributed by atoms with Crippen molar-refractivity contribution in [3.63, 3.8) is 0 Å². The molecule has 7 heteroatoms. The lowest BCUT2D eigenvalue weighted by molar-refractivity contribution is -0.132. The zero-order chi connectivity index (χ0) is 25.3. The SMILES string of the molecule is COc1ccc(N2C(=O)C(=O)/C(=C(/O)c3ccc(OC(C)C)c(C)c3)C2c2ccccc2F)cc1. The van der Waals surface area contributed by atoms with Crippen LogP contribution in [-0.2, 0) is 9.59 Å². The Kier molecular flexibility index (Phi) is 6.60. The highest BCUT2D eigenvalue weighted by Gasteiger charge is 2.47. The number of rotatable bonds is 6. The molecular formula is C28H26FNO5. The lowest BCUT2D eigenvalue weighted by atomic mass is 9.94. The Morgan fingerprint density at radius 3 is 2.31 bits per heavy atom. The first-order valence-corrected chi connectivity index (χ1v) is 11.2. The van der Waals surface area contributed by atoms with Crippen LogP contribution in [0.25, 0.3) is 5.76 Å². The fraction of sp³-hybridized carbons (Fsp3) is 0.214. The van der Waals surface area contributed by atoms with Crippen molar-refractivity contribution in [2.75, 3.05) is 12.0 Å². The Balaban J connectivity index is 1.89. The molecule has 1 heterocycles. The molecule has 35 heavy (non-hydrogen) atoms. The number of hydrogen-bond donors (Lipinski definition) is 1. The number of halogens is 1. The Hall–Kier alpha value is -4.13. The summed E-state index contributed by atoms with van der Waals surface area (Å²) in [7, 11) is 1.51. The molecule has 0 saturated carbocycles. The summed E-state index contributed by atoms with van der Waals surface area (Å²) in [5.41, 5.74) is 1.35. The van der Waals surface area contributed by atoms with Crippen LogP contribution in [-0.4, -0.2) is 30.0 Å². The number of nitrogens with zero attached hydrogens (tertiary/aromatic N) is 1. The zero-order valence-corrected chi connectivity index (χ0v) is 19.9. The van der Waals surface area contributed by atoms with Gasteiger partial charge in [-0.15, -0.1) is 0 Å². The number of carbonyl (C=O) groups is 2. The number of amides is 1. The third-order valence-corrected chi connectivity index (χ3v) is 5.81. The minimum absolute atomic E-state index is 0.0379. The number of benzene rings is 3. The maximum absolute atomic E-state index is 15.0. The molecule has 1 aliphatic rings. The molecule has 0 bridgehead atoms. The van der Waals surface area contributed by atoms with Gasteiger partial charge in [0.15, 0.2) is 0 Å². The molecule has 3 aromatic rings. The topological polar surface area (TPSA) is 76.1 Å². The summed E-state index contributed by atoms with van der Waals surface area (Å²) in [6.07, 6.45) is -0.0379. The third-order valence-electron chi connectivity index (χ3n) is 5.81. The van der Waals surface area contributed by atoms with Gasteiger partial charge in [-0.05, 0) is 74.9 Å². The van der Waals surface area contributed by atoms with E-state index in [-0.39, 0.29) is 23.0 Å². The molecule has 0 aromatic heterocycles. The van der Waals surface area contributed by atoms with Crippen molar-refractivity contribution in [1.82, 2.24) is 0 Å². The zero-order valence-electron chi connectivity index (χ0n) is 19.9. The van der Waals surface area contributed by atoms with Gasteiger partial charge in [0.1, 0.15) is 23.1 Å². The Morgan fingerprint density at radius 1 is 1.03 bits per heavy atom. The van der Waals surface area contributed by atoms with E-state index in [0.29, 0.717) is 22.7 Å². The van der Waals surface area contributed by atoms with Crippen molar-refractivity contribution in [3.8, 4) is 11.5 Å². The monoisotopic (exact) mass is 475 g/mol. The van der Waals surface area contributed by atoms with Crippen LogP contribution in [0.2, 0.25) is 0 Å². The molecule has 1 amide bonds. The van der Waals surface area contributed by atoms with Gasteiger partial charge in [0.25, 0.3) is 11.7 Å². The summed E-state index contributed by atoms with van der Waals surface area (Å²) in [5, 5.41) is 11.3. The number of methoxy groups -OCH3 is 1. The minimum atomic E-state index is -1.16. The van der Waals surface area contributed by atoms with E-state index in [1.165, 1.54) is 30.2 Å². The number of aliphatic hydroxyl groups excluding tert-OH is 1. The lowest BCUT2D eigenvalue weighted by Crippen LogP contribution is -2.29. The van der Waals surface area contributed by atoms with E-state index in [4.69, 9.17) is 9.47 Å². The van der Waals surface area contributed by atoms with Crippen molar-refractivity contribution in [2.45, 2.75) is 32.9 Å². The molecule has 6 nitrogen and oxygen atoms in total. The molecule has 1 N–H and O–H groups in total. The lowest BCUT2D eigenvalue weighted by Gasteiger charge is -2.26. The summed E-state index contributed by atoms with van der Waals surface area (Å²) >= 11 is 0. The predicted octanol–water partition coefficient (Wildman–Crippen LogP) is 5.56. The highest BCUT2D eigenvalue weighted by Crippen LogP contribution is 2.43.